The maximum atomic E-state index is 11.9. The molecule has 5 heteroatoms. The quantitative estimate of drug-likeness (QED) is 0.740. The van der Waals surface area contributed by atoms with Gasteiger partial charge in [-0.25, -0.2) is 0 Å². The van der Waals surface area contributed by atoms with Crippen LogP contribution in [0.1, 0.15) is 29.6 Å². The van der Waals surface area contributed by atoms with E-state index in [1.165, 1.54) is 12.2 Å². The summed E-state index contributed by atoms with van der Waals surface area (Å²) in [6.07, 6.45) is 5.47. The number of unbranched alkanes of at least 4 members (excludes halogenated alkanes) is 2. The van der Waals surface area contributed by atoms with Gasteiger partial charge in [-0.15, -0.1) is 0 Å². The molecule has 100 valence electrons. The predicted octanol–water partition coefficient (Wildman–Crippen LogP) is 4.37. The van der Waals surface area contributed by atoms with Gasteiger partial charge in [-0.05, 0) is 43.0 Å². The van der Waals surface area contributed by atoms with Gasteiger partial charge in [0.25, 0.3) is 5.91 Å². The first-order valence-electron chi connectivity index (χ1n) is 5.87. The third kappa shape index (κ3) is 5.63. The fourth-order valence-corrected chi connectivity index (χ4v) is 2.57. The van der Waals surface area contributed by atoms with Crippen LogP contribution in [-0.2, 0) is 0 Å². The number of hydrogen-bond donors (Lipinski definition) is 1. The summed E-state index contributed by atoms with van der Waals surface area (Å²) in [4.78, 5) is 11.9. The van der Waals surface area contributed by atoms with Gasteiger partial charge in [-0.2, -0.15) is 11.8 Å². The Morgan fingerprint density at radius 3 is 2.89 bits per heavy atom. The largest absolute Gasteiger partial charge is 0.352 e. The zero-order valence-corrected chi connectivity index (χ0v) is 13.5. The second-order valence-electron chi connectivity index (χ2n) is 3.93. The van der Waals surface area contributed by atoms with Gasteiger partial charge in [0.05, 0.1) is 10.6 Å². The minimum atomic E-state index is -0.105. The first-order valence-corrected chi connectivity index (χ1v) is 8.44. The summed E-state index contributed by atoms with van der Waals surface area (Å²) in [5, 5.41) is 3.38. The SMILES string of the molecule is CSCCCCCNC(=O)c1cc(Br)ccc1Cl. The Bertz CT molecular complexity index is 401. The average molecular weight is 351 g/mol. The summed E-state index contributed by atoms with van der Waals surface area (Å²) in [6, 6.07) is 5.28. The van der Waals surface area contributed by atoms with Crippen molar-refractivity contribution in [2.24, 2.45) is 0 Å². The first-order chi connectivity index (χ1) is 8.65. The van der Waals surface area contributed by atoms with Crippen LogP contribution in [0.4, 0.5) is 0 Å². The van der Waals surface area contributed by atoms with Crippen molar-refractivity contribution in [3.8, 4) is 0 Å². The second-order valence-corrected chi connectivity index (χ2v) is 6.24. The molecular weight excluding hydrogens is 334 g/mol. The van der Waals surface area contributed by atoms with E-state index < -0.39 is 0 Å². The van der Waals surface area contributed by atoms with Crippen molar-refractivity contribution in [1.82, 2.24) is 5.32 Å². The van der Waals surface area contributed by atoms with Gasteiger partial charge < -0.3 is 5.32 Å². The van der Waals surface area contributed by atoms with E-state index in [4.69, 9.17) is 11.6 Å². The summed E-state index contributed by atoms with van der Waals surface area (Å²) in [6.45, 7) is 0.704. The molecule has 0 aliphatic heterocycles. The maximum Gasteiger partial charge on any atom is 0.252 e. The standard InChI is InChI=1S/C13H17BrClNOS/c1-18-8-4-2-3-7-16-13(17)11-9-10(14)5-6-12(11)15/h5-6,9H,2-4,7-8H2,1H3,(H,16,17). The van der Waals surface area contributed by atoms with Gasteiger partial charge in [-0.3, -0.25) is 4.79 Å². The average Bonchev–Trinajstić information content (AvgIpc) is 2.36. The molecule has 0 heterocycles. The summed E-state index contributed by atoms with van der Waals surface area (Å²) in [5.41, 5.74) is 0.523. The van der Waals surface area contributed by atoms with E-state index >= 15 is 0 Å². The highest BCUT2D eigenvalue weighted by Crippen LogP contribution is 2.20. The molecule has 2 nitrogen and oxygen atoms in total. The lowest BCUT2D eigenvalue weighted by Crippen LogP contribution is -2.24. The second kappa shape index (κ2) is 8.83. The van der Waals surface area contributed by atoms with Gasteiger partial charge >= 0.3 is 0 Å². The van der Waals surface area contributed by atoms with Gasteiger partial charge in [0, 0.05) is 11.0 Å². The minimum absolute atomic E-state index is 0.105. The van der Waals surface area contributed by atoms with Gasteiger partial charge in [0.2, 0.25) is 0 Å². The van der Waals surface area contributed by atoms with Gasteiger partial charge in [0.1, 0.15) is 0 Å². The Balaban J connectivity index is 2.34. The van der Waals surface area contributed by atoms with Crippen molar-refractivity contribution in [2.75, 3.05) is 18.6 Å². The number of halogens is 2. The van der Waals surface area contributed by atoms with Crippen molar-refractivity contribution < 1.29 is 4.79 Å². The Morgan fingerprint density at radius 1 is 1.39 bits per heavy atom. The fraction of sp³-hybridized carbons (Fsp3) is 0.462. The fourth-order valence-electron chi connectivity index (χ4n) is 1.52. The van der Waals surface area contributed by atoms with Crippen molar-refractivity contribution in [2.45, 2.75) is 19.3 Å². The zero-order chi connectivity index (χ0) is 13.4. The lowest BCUT2D eigenvalue weighted by Gasteiger charge is -2.07. The van der Waals surface area contributed by atoms with Crippen LogP contribution >= 0.6 is 39.3 Å². The van der Waals surface area contributed by atoms with E-state index in [1.54, 1.807) is 12.1 Å². The van der Waals surface area contributed by atoms with Crippen molar-refractivity contribution in [3.63, 3.8) is 0 Å². The molecular formula is C13H17BrClNOS. The Morgan fingerprint density at radius 2 is 2.17 bits per heavy atom. The number of amides is 1. The molecule has 0 fully saturated rings. The number of nitrogens with one attached hydrogen (secondary N) is 1. The third-order valence-corrected chi connectivity index (χ3v) is 4.00. The number of hydrogen-bond acceptors (Lipinski definition) is 2. The normalized spacial score (nSPS) is 10.4. The lowest BCUT2D eigenvalue weighted by atomic mass is 10.2. The van der Waals surface area contributed by atoms with Crippen LogP contribution < -0.4 is 5.32 Å². The molecule has 0 saturated carbocycles. The van der Waals surface area contributed by atoms with Crippen LogP contribution in [0.5, 0.6) is 0 Å². The third-order valence-electron chi connectivity index (χ3n) is 2.48. The molecule has 1 aromatic rings. The molecule has 0 aromatic heterocycles. The van der Waals surface area contributed by atoms with E-state index in [2.05, 4.69) is 27.5 Å². The van der Waals surface area contributed by atoms with E-state index in [1.807, 2.05) is 17.8 Å². The molecule has 18 heavy (non-hydrogen) atoms. The van der Waals surface area contributed by atoms with Crippen LogP contribution in [0.3, 0.4) is 0 Å². The number of thioether (sulfide) groups is 1. The molecule has 1 amide bonds. The highest BCUT2D eigenvalue weighted by molar-refractivity contribution is 9.10. The molecule has 1 N–H and O–H groups in total. The highest BCUT2D eigenvalue weighted by Gasteiger charge is 2.09. The molecule has 1 rings (SSSR count). The zero-order valence-electron chi connectivity index (χ0n) is 10.3. The molecule has 0 bridgehead atoms. The highest BCUT2D eigenvalue weighted by atomic mass is 79.9. The van der Waals surface area contributed by atoms with Gasteiger partial charge in [0.15, 0.2) is 0 Å². The molecule has 1 aromatic carbocycles. The van der Waals surface area contributed by atoms with Gasteiger partial charge in [-0.1, -0.05) is 34.0 Å². The molecule has 0 unspecified atom stereocenters. The number of carbonyl (C=O) groups excluding carboxylic acids is 1. The number of carbonyl (C=O) groups is 1. The first kappa shape index (κ1) is 15.9. The topological polar surface area (TPSA) is 29.1 Å². The molecule has 0 spiro atoms. The Kier molecular flexibility index (Phi) is 7.79. The van der Waals surface area contributed by atoms with E-state index in [0.29, 0.717) is 17.1 Å². The van der Waals surface area contributed by atoms with Crippen molar-refractivity contribution >= 4 is 45.2 Å². The maximum absolute atomic E-state index is 11.9. The number of benzene rings is 1. The summed E-state index contributed by atoms with van der Waals surface area (Å²) < 4.78 is 0.858. The van der Waals surface area contributed by atoms with E-state index in [9.17, 15) is 4.79 Å². The summed E-state index contributed by atoms with van der Waals surface area (Å²) in [5.74, 6) is 1.08. The van der Waals surface area contributed by atoms with E-state index in [-0.39, 0.29) is 5.91 Å². The van der Waals surface area contributed by atoms with Crippen LogP contribution in [0.2, 0.25) is 5.02 Å². The lowest BCUT2D eigenvalue weighted by molar-refractivity contribution is 0.0953. The molecule has 0 aliphatic rings. The van der Waals surface area contributed by atoms with E-state index in [0.717, 1.165) is 17.3 Å². The van der Waals surface area contributed by atoms with Crippen LogP contribution in [0.15, 0.2) is 22.7 Å². The molecule has 0 radical (unpaired) electrons. The summed E-state index contributed by atoms with van der Waals surface area (Å²) in [7, 11) is 0. The van der Waals surface area contributed by atoms with Crippen LogP contribution in [0.25, 0.3) is 0 Å². The smallest absolute Gasteiger partial charge is 0.252 e. The monoisotopic (exact) mass is 349 g/mol. The van der Waals surface area contributed by atoms with Crippen molar-refractivity contribution in [1.29, 1.82) is 0 Å². The van der Waals surface area contributed by atoms with Crippen LogP contribution in [0, 0.1) is 0 Å². The minimum Gasteiger partial charge on any atom is -0.352 e. The number of rotatable bonds is 7. The van der Waals surface area contributed by atoms with Crippen LogP contribution in [-0.4, -0.2) is 24.5 Å². The summed E-state index contributed by atoms with van der Waals surface area (Å²) >= 11 is 11.2. The van der Waals surface area contributed by atoms with Crippen molar-refractivity contribution in [3.05, 3.63) is 33.3 Å². The predicted molar refractivity (Wildman–Crippen MR) is 83.7 cm³/mol. The Labute approximate surface area is 126 Å². The molecule has 0 atom stereocenters. The molecule has 0 aliphatic carbocycles. The molecule has 0 saturated heterocycles. The Hall–Kier alpha value is -0.190.